The molecule has 1 aliphatic rings. The van der Waals surface area contributed by atoms with Crippen LogP contribution in [-0.4, -0.2) is 48.4 Å². The van der Waals surface area contributed by atoms with Gasteiger partial charge in [0.15, 0.2) is 5.78 Å². The molecule has 0 saturated heterocycles. The number of halogens is 2. The summed E-state index contributed by atoms with van der Waals surface area (Å²) >= 11 is 12.0. The molecule has 6 nitrogen and oxygen atoms in total. The normalized spacial score (nSPS) is 14.8. The van der Waals surface area contributed by atoms with Crippen molar-refractivity contribution >= 4 is 47.8 Å². The number of hydrogen-bond donors (Lipinski definition) is 3. The highest BCUT2D eigenvalue weighted by Gasteiger charge is 2.22. The molecule has 0 saturated carbocycles. The number of carbonyl (C=O) groups excluding carboxylic acids is 2. The summed E-state index contributed by atoms with van der Waals surface area (Å²) in [5, 5.41) is 11.8. The summed E-state index contributed by atoms with van der Waals surface area (Å²) in [4.78, 5) is 27.5. The molecule has 27 heavy (non-hydrogen) atoms. The Balaban J connectivity index is 0.000000646. The maximum Gasteiger partial charge on any atom is 0.240 e. The molecule has 2 rings (SSSR count). The summed E-state index contributed by atoms with van der Waals surface area (Å²) in [5.41, 5.74) is 7.02. The zero-order valence-corrected chi connectivity index (χ0v) is 17.0. The number of nitrogens with one attached hydrogen (secondary N) is 1. The molecular formula is C18H23BCl2N3O3. The molecule has 4 N–H and O–H groups in total. The van der Waals surface area contributed by atoms with Crippen LogP contribution in [-0.2, 0) is 9.59 Å². The van der Waals surface area contributed by atoms with Gasteiger partial charge < -0.3 is 16.2 Å². The average Bonchev–Trinajstić information content (AvgIpc) is 3.09. The Morgan fingerprint density at radius 2 is 1.96 bits per heavy atom. The molecule has 0 aromatic heterocycles. The van der Waals surface area contributed by atoms with Crippen LogP contribution in [0.4, 0.5) is 0 Å². The van der Waals surface area contributed by atoms with E-state index in [0.717, 1.165) is 6.42 Å². The lowest BCUT2D eigenvalue weighted by molar-refractivity contribution is -0.123. The molecule has 2 atom stereocenters. The fraction of sp³-hybridized carbons (Fsp3) is 0.389. The van der Waals surface area contributed by atoms with Gasteiger partial charge in [0, 0.05) is 27.9 Å². The second kappa shape index (κ2) is 11.2. The third-order valence-corrected chi connectivity index (χ3v) is 4.17. The highest BCUT2D eigenvalue weighted by Crippen LogP contribution is 2.23. The Morgan fingerprint density at radius 1 is 1.33 bits per heavy atom. The first kappa shape index (κ1) is 23.4. The van der Waals surface area contributed by atoms with Crippen molar-refractivity contribution in [3.63, 3.8) is 0 Å². The Labute approximate surface area is 170 Å². The number of nitrogens with two attached hydrogens (primary N) is 1. The molecule has 145 valence electrons. The van der Waals surface area contributed by atoms with Crippen molar-refractivity contribution in [1.82, 2.24) is 5.32 Å². The fourth-order valence-electron chi connectivity index (χ4n) is 1.76. The van der Waals surface area contributed by atoms with Crippen molar-refractivity contribution in [2.45, 2.75) is 39.3 Å². The first-order chi connectivity index (χ1) is 12.6. The summed E-state index contributed by atoms with van der Waals surface area (Å²) in [6.07, 6.45) is 2.17. The summed E-state index contributed by atoms with van der Waals surface area (Å²) in [7, 11) is 1.60. The van der Waals surface area contributed by atoms with Gasteiger partial charge in [-0.3, -0.25) is 14.6 Å². The number of aliphatic hydroxyl groups excluding tert-OH is 1. The predicted molar refractivity (Wildman–Crippen MR) is 110 cm³/mol. The molecule has 1 aromatic carbocycles. The Hall–Kier alpha value is -1.67. The molecule has 1 heterocycles. The predicted octanol–water partition coefficient (Wildman–Crippen LogP) is 2.11. The van der Waals surface area contributed by atoms with E-state index in [1.807, 2.05) is 6.92 Å². The number of aliphatic hydroxyl groups is 1. The highest BCUT2D eigenvalue weighted by atomic mass is 35.5. The third kappa shape index (κ3) is 7.85. The van der Waals surface area contributed by atoms with Crippen LogP contribution in [0.5, 0.6) is 0 Å². The van der Waals surface area contributed by atoms with E-state index in [0.29, 0.717) is 26.7 Å². The van der Waals surface area contributed by atoms with Crippen molar-refractivity contribution in [2.24, 2.45) is 10.7 Å². The number of nitrogens with zero attached hydrogens (tertiary/aromatic N) is 1. The zero-order chi connectivity index (χ0) is 20.6. The molecule has 1 radical (unpaired) electrons. The van der Waals surface area contributed by atoms with Crippen LogP contribution in [0.1, 0.15) is 32.8 Å². The lowest BCUT2D eigenvalue weighted by Crippen LogP contribution is -2.39. The topological polar surface area (TPSA) is 105 Å². The average molecular weight is 411 g/mol. The molecule has 0 bridgehead atoms. The largest absolute Gasteiger partial charge is 0.393 e. The minimum absolute atomic E-state index is 0.112. The molecule has 0 fully saturated rings. The smallest absolute Gasteiger partial charge is 0.240 e. The van der Waals surface area contributed by atoms with Crippen LogP contribution in [0.2, 0.25) is 10.0 Å². The lowest BCUT2D eigenvalue weighted by Gasteiger charge is -2.07. The van der Waals surface area contributed by atoms with E-state index >= 15 is 0 Å². The number of aliphatic imine (C=N–C) groups is 1. The van der Waals surface area contributed by atoms with Crippen LogP contribution in [0.3, 0.4) is 0 Å². The minimum atomic E-state index is -0.610. The van der Waals surface area contributed by atoms with Crippen molar-refractivity contribution < 1.29 is 14.7 Å². The van der Waals surface area contributed by atoms with Crippen molar-refractivity contribution in [3.8, 4) is 0 Å². The van der Waals surface area contributed by atoms with Crippen LogP contribution >= 0.6 is 23.2 Å². The second-order valence-electron chi connectivity index (χ2n) is 6.06. The van der Waals surface area contributed by atoms with Crippen molar-refractivity contribution in [1.29, 1.82) is 0 Å². The van der Waals surface area contributed by atoms with Gasteiger partial charge in [0.25, 0.3) is 0 Å². The van der Waals surface area contributed by atoms with Crippen molar-refractivity contribution in [2.75, 3.05) is 6.54 Å². The van der Waals surface area contributed by atoms with Gasteiger partial charge >= 0.3 is 0 Å². The maximum absolute atomic E-state index is 12.0. The van der Waals surface area contributed by atoms with Crippen LogP contribution in [0.15, 0.2) is 34.9 Å². The molecular weight excluding hydrogens is 388 g/mol. The van der Waals surface area contributed by atoms with E-state index in [1.54, 1.807) is 39.3 Å². The lowest BCUT2D eigenvalue weighted by atomic mass is 9.64. The number of amides is 1. The Bertz CT molecular complexity index is 749. The molecule has 0 aliphatic carbocycles. The molecule has 1 aromatic rings. The van der Waals surface area contributed by atoms with E-state index in [-0.39, 0.29) is 18.4 Å². The summed E-state index contributed by atoms with van der Waals surface area (Å²) in [6.45, 7) is 5.18. The van der Waals surface area contributed by atoms with E-state index < -0.39 is 11.9 Å². The van der Waals surface area contributed by atoms with E-state index in [4.69, 9.17) is 34.0 Å². The standard InChI is InChI=1S/C14H13BCl2N3O2.C4H10O/c1-7(18)12(21)6-20-14(22)10-5-19-13(15-10)9-3-2-8(16)4-11(9)17;1-3-4(2)5/h2-5,7H,6,18H2,1H3,(H,20,22);4-5H,3H2,1-2H3. The maximum atomic E-state index is 12.0. The molecule has 9 heteroatoms. The van der Waals surface area contributed by atoms with Gasteiger partial charge in [-0.25, -0.2) is 0 Å². The van der Waals surface area contributed by atoms with Gasteiger partial charge in [-0.1, -0.05) is 36.2 Å². The highest BCUT2D eigenvalue weighted by molar-refractivity contribution is 6.88. The first-order valence-electron chi connectivity index (χ1n) is 8.48. The van der Waals surface area contributed by atoms with Gasteiger partial charge in [0.2, 0.25) is 13.2 Å². The van der Waals surface area contributed by atoms with Crippen molar-refractivity contribution in [3.05, 3.63) is 45.5 Å². The Kier molecular flexibility index (Phi) is 9.73. The van der Waals surface area contributed by atoms with Gasteiger partial charge in [-0.2, -0.15) is 0 Å². The quantitative estimate of drug-likeness (QED) is 0.624. The van der Waals surface area contributed by atoms with Crippen LogP contribution < -0.4 is 11.1 Å². The summed E-state index contributed by atoms with van der Waals surface area (Å²) < 4.78 is 0. The third-order valence-electron chi connectivity index (χ3n) is 3.63. The second-order valence-corrected chi connectivity index (χ2v) is 6.91. The van der Waals surface area contributed by atoms with Gasteiger partial charge in [-0.15, -0.1) is 0 Å². The summed E-state index contributed by atoms with van der Waals surface area (Å²) in [5.74, 6) is -0.633. The number of Topliss-reactive ketones (excluding diaryl/α,β-unsaturated/α-hetero) is 1. The van der Waals surface area contributed by atoms with Crippen LogP contribution in [0.25, 0.3) is 0 Å². The van der Waals surface area contributed by atoms with Gasteiger partial charge in [-0.05, 0) is 32.4 Å². The minimum Gasteiger partial charge on any atom is -0.393 e. The van der Waals surface area contributed by atoms with E-state index in [2.05, 4.69) is 10.3 Å². The van der Waals surface area contributed by atoms with E-state index in [9.17, 15) is 9.59 Å². The van der Waals surface area contributed by atoms with Gasteiger partial charge in [0.1, 0.15) is 0 Å². The number of benzene rings is 1. The zero-order valence-electron chi connectivity index (χ0n) is 15.5. The number of carbonyl (C=O) groups is 2. The molecule has 1 aliphatic heterocycles. The summed E-state index contributed by atoms with van der Waals surface area (Å²) in [6, 6.07) is 4.42. The number of hydrogen-bond acceptors (Lipinski definition) is 5. The van der Waals surface area contributed by atoms with Crippen LogP contribution in [0, 0.1) is 0 Å². The first-order valence-corrected chi connectivity index (χ1v) is 9.24. The molecule has 2 unspecified atom stereocenters. The van der Waals surface area contributed by atoms with Gasteiger partial charge in [0.05, 0.1) is 23.7 Å². The monoisotopic (exact) mass is 410 g/mol. The van der Waals surface area contributed by atoms with E-state index in [1.165, 1.54) is 6.20 Å². The number of rotatable bonds is 6. The Morgan fingerprint density at radius 3 is 2.48 bits per heavy atom. The molecule has 0 spiro atoms. The fourth-order valence-corrected chi connectivity index (χ4v) is 2.27. The number of ketones is 1. The SMILES string of the molecule is CC(N)C(=O)CNC(=O)C1=CN=C(c2ccc(Cl)cc2Cl)[B]1.CCC(C)O. The molecule has 1 amide bonds.